The molecule has 0 spiro atoms. The summed E-state index contributed by atoms with van der Waals surface area (Å²) in [6, 6.07) is 0. The number of aliphatic hydroxyl groups is 1. The highest BCUT2D eigenvalue weighted by Gasteiger charge is 2.30. The lowest BCUT2D eigenvalue weighted by Crippen LogP contribution is -2.30. The van der Waals surface area contributed by atoms with Crippen LogP contribution >= 0.6 is 15.6 Å². The van der Waals surface area contributed by atoms with E-state index in [4.69, 9.17) is 37.0 Å². The van der Waals surface area contributed by atoms with E-state index in [0.29, 0.717) is 25.7 Å². The van der Waals surface area contributed by atoms with E-state index in [-0.39, 0.29) is 25.7 Å². The van der Waals surface area contributed by atoms with E-state index < -0.39 is 97.5 Å². The van der Waals surface area contributed by atoms with Gasteiger partial charge in [-0.15, -0.1) is 0 Å². The Morgan fingerprint density at radius 1 is 0.270 bits per heavy atom. The molecule has 0 aliphatic rings. The van der Waals surface area contributed by atoms with Gasteiger partial charge in [0.15, 0.2) is 12.2 Å². The normalized spacial score (nSPS) is 13.9. The van der Waals surface area contributed by atoms with Crippen molar-refractivity contribution in [2.45, 2.75) is 445 Å². The Bertz CT molecular complexity index is 1920. The zero-order valence-electron chi connectivity index (χ0n) is 65.5. The molecule has 0 aromatic rings. The Hall–Kier alpha value is -1.94. The van der Waals surface area contributed by atoms with Crippen molar-refractivity contribution in [2.75, 3.05) is 39.6 Å². The van der Waals surface area contributed by atoms with Gasteiger partial charge in [-0.3, -0.25) is 37.3 Å². The maximum atomic E-state index is 13.1. The summed E-state index contributed by atoms with van der Waals surface area (Å²) in [5, 5.41) is 10.6. The summed E-state index contributed by atoms with van der Waals surface area (Å²) in [7, 11) is -9.92. The number of esters is 4. The molecule has 0 fully saturated rings. The minimum atomic E-state index is -4.96. The molecule has 0 radical (unpaired) electrons. The summed E-state index contributed by atoms with van der Waals surface area (Å²) in [5.41, 5.74) is 0. The van der Waals surface area contributed by atoms with Crippen molar-refractivity contribution in [3.05, 3.63) is 0 Å². The van der Waals surface area contributed by atoms with Crippen molar-refractivity contribution < 1.29 is 80.2 Å². The van der Waals surface area contributed by atoms with Crippen LogP contribution in [-0.2, 0) is 65.4 Å². The summed E-state index contributed by atoms with van der Waals surface area (Å²) in [6.45, 7) is 9.63. The topological polar surface area (TPSA) is 237 Å². The first-order valence-corrected chi connectivity index (χ1v) is 45.0. The van der Waals surface area contributed by atoms with Crippen molar-refractivity contribution in [3.63, 3.8) is 0 Å². The van der Waals surface area contributed by atoms with E-state index in [1.807, 2.05) is 0 Å². The molecule has 19 heteroatoms. The standard InChI is InChI=1S/C81H158O17P2/c1-7-9-11-13-15-17-19-21-22-23-24-25-26-32-36-40-48-54-60-66-81(86)97-76(69-91-78(83)63-57-51-45-38-34-31-28-27-30-33-37-43-49-55-61-73(3)4)71-95-99(87,88)93-67-75(82)68-94-100(89,90)96-72-77(70-92-79(84)64-58-52-46-42-41-44-50-56-62-74(5)6)98-80(85)65-59-53-47-39-35-29-20-18-16-14-12-10-8-2/h73-77,82H,7-72H2,1-6H3,(H,87,88)(H,89,90)/t75-,76-,77-/m1/s1. The van der Waals surface area contributed by atoms with Gasteiger partial charge in [0.25, 0.3) is 0 Å². The summed E-state index contributed by atoms with van der Waals surface area (Å²) in [4.78, 5) is 73.0. The van der Waals surface area contributed by atoms with Gasteiger partial charge in [0.05, 0.1) is 26.4 Å². The summed E-state index contributed by atoms with van der Waals surface area (Å²) in [5.74, 6) is -0.582. The molecule has 17 nitrogen and oxygen atoms in total. The number of ether oxygens (including phenoxy) is 4. The third-order valence-electron chi connectivity index (χ3n) is 19.0. The van der Waals surface area contributed by atoms with E-state index in [1.165, 1.54) is 244 Å². The predicted molar refractivity (Wildman–Crippen MR) is 409 cm³/mol. The Morgan fingerprint density at radius 3 is 0.680 bits per heavy atom. The second-order valence-electron chi connectivity index (χ2n) is 30.1. The first-order valence-electron chi connectivity index (χ1n) is 42.0. The fraction of sp³-hybridized carbons (Fsp3) is 0.951. The second-order valence-corrected chi connectivity index (χ2v) is 33.0. The van der Waals surface area contributed by atoms with Crippen LogP contribution in [0.5, 0.6) is 0 Å². The van der Waals surface area contributed by atoms with Crippen LogP contribution < -0.4 is 0 Å². The van der Waals surface area contributed by atoms with Crippen LogP contribution in [-0.4, -0.2) is 96.7 Å². The van der Waals surface area contributed by atoms with Crippen molar-refractivity contribution in [3.8, 4) is 0 Å². The number of carbonyl (C=O) groups is 4. The molecule has 594 valence electrons. The Balaban J connectivity index is 5.24. The van der Waals surface area contributed by atoms with Gasteiger partial charge in [-0.05, 0) is 37.5 Å². The summed E-state index contributed by atoms with van der Waals surface area (Å²) in [6.07, 6.45) is 62.4. The highest BCUT2D eigenvalue weighted by molar-refractivity contribution is 7.47. The van der Waals surface area contributed by atoms with Crippen LogP contribution in [0.25, 0.3) is 0 Å². The lowest BCUT2D eigenvalue weighted by atomic mass is 10.0. The number of unbranched alkanes of at least 4 members (excludes halogenated alkanes) is 50. The smallest absolute Gasteiger partial charge is 0.462 e. The van der Waals surface area contributed by atoms with Crippen LogP contribution in [0.3, 0.4) is 0 Å². The van der Waals surface area contributed by atoms with Crippen molar-refractivity contribution >= 4 is 39.5 Å². The number of carbonyl (C=O) groups excluding carboxylic acids is 4. The Kier molecular flexibility index (Phi) is 71.2. The van der Waals surface area contributed by atoms with Gasteiger partial charge in [-0.2, -0.15) is 0 Å². The van der Waals surface area contributed by atoms with Crippen LogP contribution in [0, 0.1) is 11.8 Å². The lowest BCUT2D eigenvalue weighted by molar-refractivity contribution is -0.161. The van der Waals surface area contributed by atoms with Gasteiger partial charge in [0.1, 0.15) is 19.3 Å². The van der Waals surface area contributed by atoms with Crippen LogP contribution in [0.4, 0.5) is 0 Å². The van der Waals surface area contributed by atoms with E-state index >= 15 is 0 Å². The Labute approximate surface area is 613 Å². The minimum Gasteiger partial charge on any atom is -0.462 e. The fourth-order valence-electron chi connectivity index (χ4n) is 12.5. The molecule has 0 saturated heterocycles. The van der Waals surface area contributed by atoms with Crippen LogP contribution in [0.1, 0.15) is 427 Å². The Morgan fingerprint density at radius 2 is 0.460 bits per heavy atom. The van der Waals surface area contributed by atoms with Crippen molar-refractivity contribution in [1.29, 1.82) is 0 Å². The zero-order valence-corrected chi connectivity index (χ0v) is 67.3. The molecule has 0 aliphatic heterocycles. The molecule has 0 saturated carbocycles. The SMILES string of the molecule is CCCCCCCCCCCCCCCCCCCCCC(=O)O[C@H](COC(=O)CCCCCCCCCCCCCCCCC(C)C)COP(=O)(O)OC[C@@H](O)COP(=O)(O)OC[C@@H](COC(=O)CCCCCCCCCCC(C)C)OC(=O)CCCCCCCCCCCCCCC. The molecule has 5 atom stereocenters. The average Bonchev–Trinajstić information content (AvgIpc) is 0.976. The molecule has 0 aromatic heterocycles. The van der Waals surface area contributed by atoms with E-state index in [2.05, 4.69) is 41.5 Å². The highest BCUT2D eigenvalue weighted by atomic mass is 31.2. The molecule has 0 rings (SSSR count). The number of hydrogen-bond acceptors (Lipinski definition) is 15. The highest BCUT2D eigenvalue weighted by Crippen LogP contribution is 2.45. The molecule has 100 heavy (non-hydrogen) atoms. The molecule has 0 aliphatic carbocycles. The quantitative estimate of drug-likeness (QED) is 0.0222. The van der Waals surface area contributed by atoms with Gasteiger partial charge < -0.3 is 33.8 Å². The third kappa shape index (κ3) is 74.3. The number of rotatable bonds is 80. The van der Waals surface area contributed by atoms with E-state index in [9.17, 15) is 43.2 Å². The van der Waals surface area contributed by atoms with Gasteiger partial charge in [-0.1, -0.05) is 375 Å². The first kappa shape index (κ1) is 98.1. The monoisotopic (exact) mass is 1470 g/mol. The minimum absolute atomic E-state index is 0.107. The average molecular weight is 1470 g/mol. The number of hydrogen-bond donors (Lipinski definition) is 3. The number of aliphatic hydroxyl groups excluding tert-OH is 1. The number of phosphoric acid groups is 2. The summed E-state index contributed by atoms with van der Waals surface area (Å²) < 4.78 is 68.7. The molecule has 2 unspecified atom stereocenters. The molecule has 0 amide bonds. The second kappa shape index (κ2) is 72.6. The van der Waals surface area contributed by atoms with Gasteiger partial charge in [0, 0.05) is 25.7 Å². The third-order valence-corrected chi connectivity index (χ3v) is 20.9. The predicted octanol–water partition coefficient (Wildman–Crippen LogP) is 24.3. The molecule has 0 bridgehead atoms. The summed E-state index contributed by atoms with van der Waals surface area (Å²) >= 11 is 0. The van der Waals surface area contributed by atoms with Crippen molar-refractivity contribution in [2.24, 2.45) is 11.8 Å². The first-order chi connectivity index (χ1) is 48.4. The van der Waals surface area contributed by atoms with E-state index in [0.717, 1.165) is 102 Å². The maximum Gasteiger partial charge on any atom is 0.472 e. The van der Waals surface area contributed by atoms with E-state index in [1.54, 1.807) is 0 Å². The maximum absolute atomic E-state index is 13.1. The molecular weight excluding hydrogens is 1310 g/mol. The molecular formula is C81H158O17P2. The molecule has 0 heterocycles. The molecule has 0 aromatic carbocycles. The van der Waals surface area contributed by atoms with Crippen molar-refractivity contribution in [1.82, 2.24) is 0 Å². The fourth-order valence-corrected chi connectivity index (χ4v) is 14.1. The zero-order chi connectivity index (χ0) is 73.5. The molecule has 3 N–H and O–H groups in total. The van der Waals surface area contributed by atoms with Crippen LogP contribution in [0.2, 0.25) is 0 Å². The van der Waals surface area contributed by atoms with Crippen LogP contribution in [0.15, 0.2) is 0 Å². The van der Waals surface area contributed by atoms with Gasteiger partial charge in [0.2, 0.25) is 0 Å². The van der Waals surface area contributed by atoms with Gasteiger partial charge in [-0.25, -0.2) is 9.13 Å². The lowest BCUT2D eigenvalue weighted by Gasteiger charge is -2.21. The largest absolute Gasteiger partial charge is 0.472 e. The van der Waals surface area contributed by atoms with Gasteiger partial charge >= 0.3 is 39.5 Å². The number of phosphoric ester groups is 2.